The Morgan fingerprint density at radius 2 is 1.62 bits per heavy atom. The standard InChI is InChI=1S/C11H11N3O3.C8H7NO4.ClH.V/c1-2-17-10(16)6-4-3-5-7-8(6)9(15)14-11(12)13-7;9-5-3-1-2-4(7(10)11)6(5)8(12)13;;/h3-5H,2H2,1H3,(H3,12,13,14,15);1-3H,9H2,(H,10,11)(H,12,13);1H;. The molecule has 7 N–H and O–H groups in total. The average Bonchev–Trinajstić information content (AvgIpc) is 2.67. The number of anilines is 2. The molecule has 0 atom stereocenters. The third-order valence-electron chi connectivity index (χ3n) is 3.79. The number of nitrogens with zero attached hydrogens (tertiary/aromatic N) is 1. The summed E-state index contributed by atoms with van der Waals surface area (Å²) < 4.78 is 4.87. The molecule has 0 unspecified atom stereocenters. The fourth-order valence-electron chi connectivity index (χ4n) is 2.57. The second-order valence-electron chi connectivity index (χ2n) is 5.75. The minimum Gasteiger partial charge on any atom is -0.478 e. The normalized spacial score (nSPS) is 9.41. The van der Waals surface area contributed by atoms with E-state index in [1.807, 2.05) is 0 Å². The fraction of sp³-hybridized carbons (Fsp3) is 0.105. The number of carbonyl (C=O) groups excluding carboxylic acids is 1. The molecule has 0 aliphatic heterocycles. The van der Waals surface area contributed by atoms with Gasteiger partial charge in [-0.2, -0.15) is 0 Å². The number of aromatic nitrogens is 2. The first-order valence-electron chi connectivity index (χ1n) is 8.48. The Morgan fingerprint density at radius 1 is 1.03 bits per heavy atom. The number of hydrogen-bond acceptors (Lipinski definition) is 8. The van der Waals surface area contributed by atoms with Gasteiger partial charge in [0.05, 0.1) is 34.2 Å². The molecular formula is C19H19ClN4O7V. The molecule has 0 amide bonds. The number of rotatable bonds is 4. The molecule has 0 saturated carbocycles. The number of carboxylic acids is 2. The van der Waals surface area contributed by atoms with Gasteiger partial charge in [-0.05, 0) is 31.2 Å². The monoisotopic (exact) mass is 501 g/mol. The molecule has 0 bridgehead atoms. The number of nitrogen functional groups attached to an aromatic ring is 2. The summed E-state index contributed by atoms with van der Waals surface area (Å²) in [6.07, 6.45) is 0. The number of carbonyl (C=O) groups is 3. The van der Waals surface area contributed by atoms with E-state index in [9.17, 15) is 19.2 Å². The number of benzene rings is 2. The number of esters is 1. The molecule has 1 heterocycles. The number of halogens is 1. The summed E-state index contributed by atoms with van der Waals surface area (Å²) in [5.41, 5.74) is 10.1. The van der Waals surface area contributed by atoms with Gasteiger partial charge in [0.1, 0.15) is 0 Å². The number of carboxylic acid groups (broad SMARTS) is 2. The molecule has 11 nitrogen and oxygen atoms in total. The number of H-pyrrole nitrogens is 1. The largest absolute Gasteiger partial charge is 0.478 e. The van der Waals surface area contributed by atoms with Crippen molar-refractivity contribution in [3.05, 3.63) is 63.4 Å². The number of aromatic amines is 1. The SMILES string of the molecule is CCOC(=O)c1cccc2nc(N)[nH]c(=O)c12.Cl.Nc1cccc(C(=O)O)c1C(=O)O.[V]. The van der Waals surface area contributed by atoms with Crippen molar-refractivity contribution in [3.63, 3.8) is 0 Å². The molecule has 0 fully saturated rings. The van der Waals surface area contributed by atoms with E-state index in [2.05, 4.69) is 9.97 Å². The molecule has 3 rings (SSSR count). The molecule has 0 aliphatic rings. The Hall–Kier alpha value is -3.54. The van der Waals surface area contributed by atoms with Crippen LogP contribution < -0.4 is 17.0 Å². The van der Waals surface area contributed by atoms with Crippen molar-refractivity contribution in [2.75, 3.05) is 18.1 Å². The average molecular weight is 502 g/mol. The van der Waals surface area contributed by atoms with Crippen LogP contribution in [0.3, 0.4) is 0 Å². The summed E-state index contributed by atoms with van der Waals surface area (Å²) in [7, 11) is 0. The minimum atomic E-state index is -1.34. The third-order valence-corrected chi connectivity index (χ3v) is 3.79. The number of fused-ring (bicyclic) bond motifs is 1. The molecule has 1 aromatic heterocycles. The van der Waals surface area contributed by atoms with Gasteiger partial charge in [0.25, 0.3) is 5.56 Å². The van der Waals surface area contributed by atoms with Gasteiger partial charge in [-0.25, -0.2) is 19.4 Å². The first-order chi connectivity index (χ1) is 14.2. The zero-order valence-corrected chi connectivity index (χ0v) is 18.8. The quantitative estimate of drug-likeness (QED) is 0.259. The van der Waals surface area contributed by atoms with Gasteiger partial charge < -0.3 is 26.4 Å². The molecule has 0 spiro atoms. The van der Waals surface area contributed by atoms with E-state index in [1.165, 1.54) is 24.3 Å². The van der Waals surface area contributed by atoms with Gasteiger partial charge in [0.15, 0.2) is 0 Å². The van der Waals surface area contributed by atoms with E-state index < -0.39 is 23.5 Å². The maximum Gasteiger partial charge on any atom is 0.339 e. The van der Waals surface area contributed by atoms with Gasteiger partial charge in [-0.1, -0.05) is 12.1 Å². The van der Waals surface area contributed by atoms with Crippen LogP contribution in [-0.2, 0) is 23.3 Å². The summed E-state index contributed by atoms with van der Waals surface area (Å²) in [6.45, 7) is 1.94. The van der Waals surface area contributed by atoms with E-state index in [0.29, 0.717) is 5.52 Å². The van der Waals surface area contributed by atoms with Crippen LogP contribution in [0.5, 0.6) is 0 Å². The molecule has 13 heteroatoms. The summed E-state index contributed by atoms with van der Waals surface area (Å²) in [4.78, 5) is 50.9. The second-order valence-corrected chi connectivity index (χ2v) is 5.75. The van der Waals surface area contributed by atoms with Crippen LogP contribution in [0.15, 0.2) is 41.2 Å². The van der Waals surface area contributed by atoms with Gasteiger partial charge in [-0.3, -0.25) is 9.78 Å². The number of ether oxygens (including phenoxy) is 1. The smallest absolute Gasteiger partial charge is 0.339 e. The van der Waals surface area contributed by atoms with Gasteiger partial charge >= 0.3 is 17.9 Å². The van der Waals surface area contributed by atoms with Crippen LogP contribution in [0.25, 0.3) is 10.9 Å². The first kappa shape index (κ1) is 28.5. The van der Waals surface area contributed by atoms with Crippen molar-refractivity contribution in [2.24, 2.45) is 0 Å². The fourth-order valence-corrected chi connectivity index (χ4v) is 2.57. The molecule has 0 aliphatic carbocycles. The Balaban J connectivity index is 0.000000584. The zero-order valence-electron chi connectivity index (χ0n) is 16.6. The van der Waals surface area contributed by atoms with Crippen molar-refractivity contribution >= 4 is 52.9 Å². The maximum absolute atomic E-state index is 11.7. The number of aromatic carboxylic acids is 2. The summed E-state index contributed by atoms with van der Waals surface area (Å²) >= 11 is 0. The van der Waals surface area contributed by atoms with Crippen LogP contribution in [0.4, 0.5) is 11.6 Å². The Morgan fingerprint density at radius 3 is 2.16 bits per heavy atom. The molecule has 32 heavy (non-hydrogen) atoms. The van der Waals surface area contributed by atoms with Crippen molar-refractivity contribution < 1.29 is 47.9 Å². The van der Waals surface area contributed by atoms with Crippen LogP contribution in [0.1, 0.15) is 38.0 Å². The van der Waals surface area contributed by atoms with Gasteiger partial charge in [-0.15, -0.1) is 12.4 Å². The number of hydrogen-bond donors (Lipinski definition) is 5. The van der Waals surface area contributed by atoms with Gasteiger partial charge in [0.2, 0.25) is 5.95 Å². The summed E-state index contributed by atoms with van der Waals surface area (Å²) in [5.74, 6) is -3.17. The van der Waals surface area contributed by atoms with Crippen molar-refractivity contribution in [2.45, 2.75) is 6.92 Å². The van der Waals surface area contributed by atoms with E-state index >= 15 is 0 Å². The maximum atomic E-state index is 11.7. The van der Waals surface area contributed by atoms with E-state index in [-0.39, 0.29) is 71.3 Å². The number of nitrogens with two attached hydrogens (primary N) is 2. The van der Waals surface area contributed by atoms with Crippen molar-refractivity contribution in [1.82, 2.24) is 9.97 Å². The van der Waals surface area contributed by atoms with Gasteiger partial charge in [0, 0.05) is 24.2 Å². The third kappa shape index (κ3) is 6.48. The predicted octanol–water partition coefficient (Wildman–Crippen LogP) is 1.77. The Bertz CT molecular complexity index is 1200. The van der Waals surface area contributed by atoms with Crippen molar-refractivity contribution in [3.8, 4) is 0 Å². The van der Waals surface area contributed by atoms with Crippen LogP contribution in [0.2, 0.25) is 0 Å². The first-order valence-corrected chi connectivity index (χ1v) is 8.48. The zero-order chi connectivity index (χ0) is 22.4. The molecule has 1 radical (unpaired) electrons. The molecule has 3 aromatic rings. The second kappa shape index (κ2) is 12.4. The van der Waals surface area contributed by atoms with E-state index in [1.54, 1.807) is 19.1 Å². The summed E-state index contributed by atoms with van der Waals surface area (Å²) in [5, 5.41) is 17.5. The van der Waals surface area contributed by atoms with E-state index in [4.69, 9.17) is 26.4 Å². The molecule has 169 valence electrons. The molecule has 0 saturated heterocycles. The Labute approximate surface area is 199 Å². The van der Waals surface area contributed by atoms with Crippen LogP contribution in [-0.4, -0.2) is 44.7 Å². The molecule has 2 aromatic carbocycles. The number of nitrogens with one attached hydrogen (secondary N) is 1. The Kier molecular flexibility index (Phi) is 11.0. The van der Waals surface area contributed by atoms with E-state index in [0.717, 1.165) is 0 Å². The van der Waals surface area contributed by atoms with Crippen LogP contribution >= 0.6 is 12.4 Å². The molecular weight excluding hydrogens is 483 g/mol. The topological polar surface area (TPSA) is 199 Å². The summed E-state index contributed by atoms with van der Waals surface area (Å²) in [6, 6.07) is 8.70. The van der Waals surface area contributed by atoms with Crippen LogP contribution in [0, 0.1) is 0 Å². The van der Waals surface area contributed by atoms with Crippen molar-refractivity contribution in [1.29, 1.82) is 0 Å². The predicted molar refractivity (Wildman–Crippen MR) is 115 cm³/mol. The minimum absolute atomic E-state index is 0.